The van der Waals surface area contributed by atoms with Crippen molar-refractivity contribution in [3.05, 3.63) is 29.8 Å². The molecule has 1 heterocycles. The maximum atomic E-state index is 12.9. The highest BCUT2D eigenvalue weighted by molar-refractivity contribution is 5.79. The summed E-state index contributed by atoms with van der Waals surface area (Å²) in [5, 5.41) is 1.46. The van der Waals surface area contributed by atoms with Crippen molar-refractivity contribution in [2.45, 2.75) is 12.8 Å². The average molecular weight is 212 g/mol. The van der Waals surface area contributed by atoms with Crippen LogP contribution >= 0.6 is 0 Å². The van der Waals surface area contributed by atoms with Gasteiger partial charge in [0.05, 0.1) is 5.69 Å². The fourth-order valence-corrected chi connectivity index (χ4v) is 1.55. The lowest BCUT2D eigenvalue weighted by atomic mass is 10.2. The van der Waals surface area contributed by atoms with Gasteiger partial charge in [0, 0.05) is 19.0 Å². The molecule has 5 heteroatoms. The summed E-state index contributed by atoms with van der Waals surface area (Å²) >= 11 is 0. The summed E-state index contributed by atoms with van der Waals surface area (Å²) in [7, 11) is 0. The van der Waals surface area contributed by atoms with E-state index in [1.807, 2.05) is 0 Å². The maximum absolute atomic E-state index is 12.9. The highest BCUT2D eigenvalue weighted by atomic mass is 19.1. The van der Waals surface area contributed by atoms with Gasteiger partial charge in [-0.1, -0.05) is 0 Å². The summed E-state index contributed by atoms with van der Waals surface area (Å²) in [6.07, 6.45) is 1.14. The molecule has 0 aliphatic carbocycles. The second-order valence-electron chi connectivity index (χ2n) is 3.42. The van der Waals surface area contributed by atoms with Gasteiger partial charge in [-0.2, -0.15) is 0 Å². The minimum atomic E-state index is -0.648. The Morgan fingerprint density at radius 1 is 1.20 bits per heavy atom. The van der Waals surface area contributed by atoms with E-state index in [2.05, 4.69) is 5.43 Å². The van der Waals surface area contributed by atoms with Crippen molar-refractivity contribution in [1.29, 1.82) is 0 Å². The number of amides is 1. The lowest BCUT2D eigenvalue weighted by Gasteiger charge is -2.29. The molecule has 0 radical (unpaired) electrons. The van der Waals surface area contributed by atoms with Gasteiger partial charge in [0.1, 0.15) is 11.6 Å². The standard InChI is InChI=1S/C10H10F2N2O/c11-7-4-8(12)6-9(5-7)14-3-1-2-10(15)13-14/h4-6H,1-3H2,(H,13,15). The molecule has 80 valence electrons. The zero-order valence-corrected chi connectivity index (χ0v) is 7.96. The van der Waals surface area contributed by atoms with Gasteiger partial charge in [-0.05, 0) is 18.6 Å². The van der Waals surface area contributed by atoms with Gasteiger partial charge >= 0.3 is 0 Å². The number of nitrogens with one attached hydrogen (secondary N) is 1. The third-order valence-corrected chi connectivity index (χ3v) is 2.20. The van der Waals surface area contributed by atoms with E-state index in [1.165, 1.54) is 17.1 Å². The SMILES string of the molecule is O=C1CCCN(c2cc(F)cc(F)c2)N1. The lowest BCUT2D eigenvalue weighted by molar-refractivity contribution is -0.122. The summed E-state index contributed by atoms with van der Waals surface area (Å²) in [5.41, 5.74) is 2.88. The number of rotatable bonds is 1. The van der Waals surface area contributed by atoms with Crippen LogP contribution < -0.4 is 10.4 Å². The lowest BCUT2D eigenvalue weighted by Crippen LogP contribution is -2.47. The van der Waals surface area contributed by atoms with Gasteiger partial charge < -0.3 is 0 Å². The first-order chi connectivity index (χ1) is 7.15. The molecule has 2 rings (SSSR count). The second kappa shape index (κ2) is 3.84. The van der Waals surface area contributed by atoms with Crippen molar-refractivity contribution < 1.29 is 13.6 Å². The van der Waals surface area contributed by atoms with Gasteiger partial charge in [0.2, 0.25) is 5.91 Å². The molecule has 1 N–H and O–H groups in total. The van der Waals surface area contributed by atoms with Gasteiger partial charge in [-0.3, -0.25) is 15.2 Å². The molecule has 1 saturated heterocycles. The third kappa shape index (κ3) is 2.23. The van der Waals surface area contributed by atoms with Gasteiger partial charge in [-0.15, -0.1) is 0 Å². The van der Waals surface area contributed by atoms with Gasteiger partial charge in [0.15, 0.2) is 0 Å². The zero-order valence-electron chi connectivity index (χ0n) is 7.96. The summed E-state index contributed by atoms with van der Waals surface area (Å²) < 4.78 is 25.8. The van der Waals surface area contributed by atoms with E-state index >= 15 is 0 Å². The third-order valence-electron chi connectivity index (χ3n) is 2.20. The number of hydrogen-bond donors (Lipinski definition) is 1. The van der Waals surface area contributed by atoms with Crippen molar-refractivity contribution >= 4 is 11.6 Å². The molecule has 0 aromatic heterocycles. The Bertz CT molecular complexity index is 375. The van der Waals surface area contributed by atoms with Crippen LogP contribution in [0, 0.1) is 11.6 Å². The van der Waals surface area contributed by atoms with Crippen molar-refractivity contribution in [2.75, 3.05) is 11.6 Å². The molecule has 1 fully saturated rings. The van der Waals surface area contributed by atoms with Gasteiger partial charge in [-0.25, -0.2) is 8.78 Å². The first-order valence-electron chi connectivity index (χ1n) is 4.68. The average Bonchev–Trinajstić information content (AvgIpc) is 2.16. The number of anilines is 1. The summed E-state index contributed by atoms with van der Waals surface area (Å²) in [6, 6.07) is 3.18. The van der Waals surface area contributed by atoms with Gasteiger partial charge in [0.25, 0.3) is 0 Å². The molecule has 1 amide bonds. The number of hydrogen-bond acceptors (Lipinski definition) is 2. The normalized spacial score (nSPS) is 16.4. The highest BCUT2D eigenvalue weighted by Gasteiger charge is 2.17. The first-order valence-corrected chi connectivity index (χ1v) is 4.68. The Hall–Kier alpha value is -1.65. The molecule has 0 unspecified atom stereocenters. The van der Waals surface area contributed by atoms with Crippen LogP contribution in [0.5, 0.6) is 0 Å². The number of hydrazine groups is 1. The minimum Gasteiger partial charge on any atom is -0.285 e. The Kier molecular flexibility index (Phi) is 2.53. The molecule has 1 aromatic carbocycles. The number of nitrogens with zero attached hydrogens (tertiary/aromatic N) is 1. The topological polar surface area (TPSA) is 32.3 Å². The largest absolute Gasteiger partial charge is 0.285 e. The number of benzene rings is 1. The van der Waals surface area contributed by atoms with E-state index in [0.717, 1.165) is 6.07 Å². The van der Waals surface area contributed by atoms with Crippen LogP contribution in [0.15, 0.2) is 18.2 Å². The summed E-state index contributed by atoms with van der Waals surface area (Å²) in [4.78, 5) is 11.1. The van der Waals surface area contributed by atoms with Crippen LogP contribution in [-0.2, 0) is 4.79 Å². The van der Waals surface area contributed by atoms with E-state index in [4.69, 9.17) is 0 Å². The summed E-state index contributed by atoms with van der Waals surface area (Å²) in [6.45, 7) is 0.564. The predicted octanol–water partition coefficient (Wildman–Crippen LogP) is 1.60. The van der Waals surface area contributed by atoms with Crippen molar-refractivity contribution in [2.24, 2.45) is 0 Å². The monoisotopic (exact) mass is 212 g/mol. The van der Waals surface area contributed by atoms with Crippen LogP contribution in [0.25, 0.3) is 0 Å². The second-order valence-corrected chi connectivity index (χ2v) is 3.42. The molecule has 1 aromatic rings. The van der Waals surface area contributed by atoms with E-state index in [0.29, 0.717) is 25.1 Å². The minimum absolute atomic E-state index is 0.133. The fourth-order valence-electron chi connectivity index (χ4n) is 1.55. The van der Waals surface area contributed by atoms with E-state index < -0.39 is 11.6 Å². The molecular weight excluding hydrogens is 202 g/mol. The Morgan fingerprint density at radius 2 is 1.87 bits per heavy atom. The molecule has 0 spiro atoms. The quantitative estimate of drug-likeness (QED) is 0.766. The van der Waals surface area contributed by atoms with Crippen LogP contribution in [0.3, 0.4) is 0 Å². The van der Waals surface area contributed by atoms with Crippen LogP contribution in [0.1, 0.15) is 12.8 Å². The molecule has 0 atom stereocenters. The Balaban J connectivity index is 2.24. The molecule has 0 saturated carbocycles. The molecule has 0 bridgehead atoms. The zero-order chi connectivity index (χ0) is 10.8. The summed E-state index contributed by atoms with van der Waals surface area (Å²) in [5.74, 6) is -1.43. The van der Waals surface area contributed by atoms with E-state index in [-0.39, 0.29) is 5.91 Å². The molecule has 1 aliphatic rings. The van der Waals surface area contributed by atoms with Crippen LogP contribution in [0.2, 0.25) is 0 Å². The van der Waals surface area contributed by atoms with Crippen molar-refractivity contribution in [3.8, 4) is 0 Å². The van der Waals surface area contributed by atoms with E-state index in [9.17, 15) is 13.6 Å². The van der Waals surface area contributed by atoms with Crippen LogP contribution in [-0.4, -0.2) is 12.5 Å². The molecule has 3 nitrogen and oxygen atoms in total. The first kappa shape index (κ1) is 9.89. The predicted molar refractivity (Wildman–Crippen MR) is 51.1 cm³/mol. The van der Waals surface area contributed by atoms with Crippen molar-refractivity contribution in [3.63, 3.8) is 0 Å². The molecule has 1 aliphatic heterocycles. The van der Waals surface area contributed by atoms with Crippen molar-refractivity contribution in [1.82, 2.24) is 5.43 Å². The highest BCUT2D eigenvalue weighted by Crippen LogP contribution is 2.18. The molecular formula is C10H10F2N2O. The smallest absolute Gasteiger partial charge is 0.238 e. The number of carbonyl (C=O) groups excluding carboxylic acids is 1. The van der Waals surface area contributed by atoms with Crippen LogP contribution in [0.4, 0.5) is 14.5 Å². The Labute approximate surface area is 85.7 Å². The van der Waals surface area contributed by atoms with E-state index in [1.54, 1.807) is 0 Å². The number of carbonyl (C=O) groups is 1. The molecule has 15 heavy (non-hydrogen) atoms. The fraction of sp³-hybridized carbons (Fsp3) is 0.300. The maximum Gasteiger partial charge on any atom is 0.238 e. The Morgan fingerprint density at radius 3 is 2.47 bits per heavy atom. The number of halogens is 2.